The van der Waals surface area contributed by atoms with Crippen LogP contribution >= 0.6 is 15.9 Å². The standard InChI is InChI=1S/C16H23BrO/c1-3-5-13-6-8-14(9-7-13)15(17)12-16(18-2)10-4-11-16/h6-9,15H,3-5,10-12H2,1-2H3. The first-order valence-electron chi connectivity index (χ1n) is 6.97. The van der Waals surface area contributed by atoms with Crippen LogP contribution in [0.1, 0.15) is 55.0 Å². The van der Waals surface area contributed by atoms with Crippen LogP contribution in [0, 0.1) is 0 Å². The van der Waals surface area contributed by atoms with E-state index in [0.29, 0.717) is 4.83 Å². The first-order chi connectivity index (χ1) is 8.69. The Morgan fingerprint density at radius 1 is 1.28 bits per heavy atom. The van der Waals surface area contributed by atoms with Crippen molar-refractivity contribution >= 4 is 15.9 Å². The van der Waals surface area contributed by atoms with Crippen LogP contribution in [0.4, 0.5) is 0 Å². The van der Waals surface area contributed by atoms with Gasteiger partial charge in [0.15, 0.2) is 0 Å². The van der Waals surface area contributed by atoms with Crippen molar-refractivity contribution in [3.8, 4) is 0 Å². The molecule has 1 aromatic rings. The summed E-state index contributed by atoms with van der Waals surface area (Å²) in [5.41, 5.74) is 2.94. The highest BCUT2D eigenvalue weighted by molar-refractivity contribution is 9.09. The molecule has 0 heterocycles. The Balaban J connectivity index is 1.97. The molecule has 18 heavy (non-hydrogen) atoms. The second-order valence-electron chi connectivity index (χ2n) is 5.40. The largest absolute Gasteiger partial charge is 0.378 e. The number of hydrogen-bond acceptors (Lipinski definition) is 1. The number of alkyl halides is 1. The van der Waals surface area contributed by atoms with Crippen molar-refractivity contribution in [1.29, 1.82) is 0 Å². The Kier molecular flexibility index (Phi) is 4.85. The zero-order valence-corrected chi connectivity index (χ0v) is 13.0. The van der Waals surface area contributed by atoms with Gasteiger partial charge in [0.1, 0.15) is 0 Å². The molecule has 0 amide bonds. The molecule has 0 N–H and O–H groups in total. The summed E-state index contributed by atoms with van der Waals surface area (Å²) in [6.07, 6.45) is 7.19. The molecule has 1 aliphatic carbocycles. The molecule has 1 atom stereocenters. The highest BCUT2D eigenvalue weighted by atomic mass is 79.9. The summed E-state index contributed by atoms with van der Waals surface area (Å²) in [5.74, 6) is 0. The lowest BCUT2D eigenvalue weighted by Crippen LogP contribution is -2.39. The Labute approximate surface area is 119 Å². The van der Waals surface area contributed by atoms with Gasteiger partial charge in [0.2, 0.25) is 0 Å². The van der Waals surface area contributed by atoms with E-state index >= 15 is 0 Å². The molecule has 1 nitrogen and oxygen atoms in total. The van der Waals surface area contributed by atoms with Gasteiger partial charge in [-0.05, 0) is 43.2 Å². The van der Waals surface area contributed by atoms with E-state index in [1.165, 1.54) is 43.2 Å². The first-order valence-corrected chi connectivity index (χ1v) is 7.89. The molecule has 0 aromatic heterocycles. The summed E-state index contributed by atoms with van der Waals surface area (Å²) >= 11 is 3.82. The molecule has 0 bridgehead atoms. The monoisotopic (exact) mass is 310 g/mol. The quantitative estimate of drug-likeness (QED) is 0.669. The molecule has 1 saturated carbocycles. The van der Waals surface area contributed by atoms with Gasteiger partial charge in [-0.1, -0.05) is 53.5 Å². The molecule has 1 unspecified atom stereocenters. The fraction of sp³-hybridized carbons (Fsp3) is 0.625. The molecular formula is C16H23BrO. The third kappa shape index (κ3) is 3.16. The van der Waals surface area contributed by atoms with Crippen LogP contribution in [0.2, 0.25) is 0 Å². The topological polar surface area (TPSA) is 9.23 Å². The summed E-state index contributed by atoms with van der Waals surface area (Å²) in [5, 5.41) is 0. The van der Waals surface area contributed by atoms with Gasteiger partial charge < -0.3 is 4.74 Å². The minimum absolute atomic E-state index is 0.135. The SMILES string of the molecule is CCCc1ccc(C(Br)CC2(OC)CCC2)cc1. The minimum atomic E-state index is 0.135. The normalized spacial score (nSPS) is 19.3. The maximum absolute atomic E-state index is 5.70. The third-order valence-corrected chi connectivity index (χ3v) is 4.98. The van der Waals surface area contributed by atoms with Gasteiger partial charge in [0, 0.05) is 11.9 Å². The molecule has 1 fully saturated rings. The Bertz CT molecular complexity index is 362. The van der Waals surface area contributed by atoms with Gasteiger partial charge >= 0.3 is 0 Å². The number of rotatable bonds is 6. The molecule has 0 spiro atoms. The van der Waals surface area contributed by atoms with Crippen molar-refractivity contribution in [2.24, 2.45) is 0 Å². The first kappa shape index (κ1) is 14.1. The van der Waals surface area contributed by atoms with Gasteiger partial charge in [-0.15, -0.1) is 0 Å². The minimum Gasteiger partial charge on any atom is -0.378 e. The Hall–Kier alpha value is -0.340. The van der Waals surface area contributed by atoms with E-state index in [-0.39, 0.29) is 5.60 Å². The van der Waals surface area contributed by atoms with Crippen LogP contribution in [0.15, 0.2) is 24.3 Å². The fourth-order valence-corrected chi connectivity index (χ4v) is 3.58. The second kappa shape index (κ2) is 6.21. The molecule has 0 radical (unpaired) electrons. The summed E-state index contributed by atoms with van der Waals surface area (Å²) < 4.78 is 5.70. The summed E-state index contributed by atoms with van der Waals surface area (Å²) in [7, 11) is 1.85. The lowest BCUT2D eigenvalue weighted by Gasteiger charge is -2.42. The zero-order valence-electron chi connectivity index (χ0n) is 11.4. The van der Waals surface area contributed by atoms with Crippen molar-refractivity contribution in [1.82, 2.24) is 0 Å². The number of aryl methyl sites for hydroxylation is 1. The van der Waals surface area contributed by atoms with E-state index < -0.39 is 0 Å². The molecule has 0 aliphatic heterocycles. The van der Waals surface area contributed by atoms with Crippen molar-refractivity contribution in [3.05, 3.63) is 35.4 Å². The van der Waals surface area contributed by atoms with Crippen LogP contribution in [-0.4, -0.2) is 12.7 Å². The van der Waals surface area contributed by atoms with Gasteiger partial charge in [0.05, 0.1) is 5.60 Å². The number of halogens is 1. The number of benzene rings is 1. The van der Waals surface area contributed by atoms with Gasteiger partial charge in [-0.2, -0.15) is 0 Å². The van der Waals surface area contributed by atoms with E-state index in [0.717, 1.165) is 6.42 Å². The maximum Gasteiger partial charge on any atom is 0.0692 e. The summed E-state index contributed by atoms with van der Waals surface area (Å²) in [6, 6.07) is 9.03. The molecule has 2 heteroatoms. The maximum atomic E-state index is 5.70. The van der Waals surface area contributed by atoms with Crippen LogP contribution in [-0.2, 0) is 11.2 Å². The molecule has 100 valence electrons. The number of ether oxygens (including phenoxy) is 1. The fourth-order valence-electron chi connectivity index (χ4n) is 2.69. The molecular weight excluding hydrogens is 288 g/mol. The highest BCUT2D eigenvalue weighted by Gasteiger charge is 2.38. The van der Waals surface area contributed by atoms with Gasteiger partial charge in [0.25, 0.3) is 0 Å². The van der Waals surface area contributed by atoms with E-state index in [2.05, 4.69) is 47.1 Å². The third-order valence-electron chi connectivity index (χ3n) is 4.13. The molecule has 2 rings (SSSR count). The lowest BCUT2D eigenvalue weighted by molar-refractivity contribution is -0.0773. The van der Waals surface area contributed by atoms with Crippen molar-refractivity contribution < 1.29 is 4.74 Å². The van der Waals surface area contributed by atoms with Crippen LogP contribution in [0.25, 0.3) is 0 Å². The Morgan fingerprint density at radius 3 is 2.39 bits per heavy atom. The van der Waals surface area contributed by atoms with Crippen molar-refractivity contribution in [2.45, 2.75) is 55.9 Å². The number of methoxy groups -OCH3 is 1. The van der Waals surface area contributed by atoms with Crippen molar-refractivity contribution in [3.63, 3.8) is 0 Å². The van der Waals surface area contributed by atoms with Crippen LogP contribution in [0.3, 0.4) is 0 Å². The summed E-state index contributed by atoms with van der Waals surface area (Å²) in [6.45, 7) is 2.22. The average molecular weight is 311 g/mol. The Morgan fingerprint density at radius 2 is 1.94 bits per heavy atom. The predicted octanol–water partition coefficient (Wildman–Crippen LogP) is 5.03. The van der Waals surface area contributed by atoms with Gasteiger partial charge in [-0.3, -0.25) is 0 Å². The van der Waals surface area contributed by atoms with E-state index in [1.807, 2.05) is 7.11 Å². The van der Waals surface area contributed by atoms with E-state index in [9.17, 15) is 0 Å². The molecule has 1 aromatic carbocycles. The van der Waals surface area contributed by atoms with Crippen molar-refractivity contribution in [2.75, 3.05) is 7.11 Å². The zero-order chi connectivity index (χ0) is 13.0. The van der Waals surface area contributed by atoms with Crippen LogP contribution < -0.4 is 0 Å². The molecule has 1 aliphatic rings. The number of hydrogen-bond donors (Lipinski definition) is 0. The lowest BCUT2D eigenvalue weighted by atomic mass is 9.76. The predicted molar refractivity (Wildman–Crippen MR) is 80.3 cm³/mol. The second-order valence-corrected chi connectivity index (χ2v) is 6.51. The van der Waals surface area contributed by atoms with Gasteiger partial charge in [-0.25, -0.2) is 0 Å². The van der Waals surface area contributed by atoms with E-state index in [4.69, 9.17) is 4.74 Å². The van der Waals surface area contributed by atoms with E-state index in [1.54, 1.807) is 0 Å². The highest BCUT2D eigenvalue weighted by Crippen LogP contribution is 2.44. The molecule has 0 saturated heterocycles. The average Bonchev–Trinajstić information content (AvgIpc) is 2.35. The summed E-state index contributed by atoms with van der Waals surface area (Å²) in [4.78, 5) is 0.411. The smallest absolute Gasteiger partial charge is 0.0692 e. The van der Waals surface area contributed by atoms with Crippen LogP contribution in [0.5, 0.6) is 0 Å².